The zero-order valence-electron chi connectivity index (χ0n) is 17.1. The van der Waals surface area contributed by atoms with Gasteiger partial charge in [0, 0.05) is 13.1 Å². The van der Waals surface area contributed by atoms with Crippen LogP contribution in [-0.2, 0) is 25.5 Å². The van der Waals surface area contributed by atoms with Gasteiger partial charge in [0.15, 0.2) is 17.0 Å². The van der Waals surface area contributed by atoms with Crippen molar-refractivity contribution < 1.29 is 23.8 Å². The van der Waals surface area contributed by atoms with Crippen LogP contribution in [0.1, 0.15) is 27.7 Å². The molecular weight excluding hydrogens is 380 g/mol. The van der Waals surface area contributed by atoms with Gasteiger partial charge < -0.3 is 23.7 Å². The van der Waals surface area contributed by atoms with E-state index in [1.807, 2.05) is 4.90 Å². The van der Waals surface area contributed by atoms with Gasteiger partial charge in [-0.05, 0) is 27.7 Å². The van der Waals surface area contributed by atoms with E-state index in [0.717, 1.165) is 0 Å². The van der Waals surface area contributed by atoms with Gasteiger partial charge in [-0.2, -0.15) is 9.97 Å². The highest BCUT2D eigenvalue weighted by Crippen LogP contribution is 2.25. The predicted octanol–water partition coefficient (Wildman–Crippen LogP) is 1.57. The number of nitrogens with one attached hydrogen (secondary N) is 1. The zero-order valence-corrected chi connectivity index (χ0v) is 17.1. The average molecular weight is 406 g/mol. The molecule has 11 heteroatoms. The summed E-state index contributed by atoms with van der Waals surface area (Å²) in [5.74, 6) is 0.228. The Morgan fingerprint density at radius 3 is 2.62 bits per heavy atom. The predicted molar refractivity (Wildman–Crippen MR) is 105 cm³/mol. The molecule has 1 aliphatic heterocycles. The molecular formula is C18H26N6O5. The minimum Gasteiger partial charge on any atom is -0.465 e. The van der Waals surface area contributed by atoms with E-state index in [9.17, 15) is 9.59 Å². The summed E-state index contributed by atoms with van der Waals surface area (Å²) in [4.78, 5) is 39.4. The van der Waals surface area contributed by atoms with Crippen LogP contribution < -0.4 is 10.2 Å². The number of hydrogen-bond donors (Lipinski definition) is 1. The van der Waals surface area contributed by atoms with Crippen LogP contribution in [0.2, 0.25) is 0 Å². The number of aromatic nitrogens is 4. The van der Waals surface area contributed by atoms with Crippen LogP contribution in [0.15, 0.2) is 6.33 Å². The number of carbonyl (C=O) groups is 2. The number of carbonyl (C=O) groups excluding carboxylic acids is 2. The van der Waals surface area contributed by atoms with E-state index in [-0.39, 0.29) is 19.1 Å². The lowest BCUT2D eigenvalue weighted by molar-refractivity contribution is -0.143. The second kappa shape index (κ2) is 8.60. The zero-order chi connectivity index (χ0) is 21.0. The van der Waals surface area contributed by atoms with Crippen LogP contribution in [0.25, 0.3) is 11.2 Å². The molecule has 0 bridgehead atoms. The molecule has 11 nitrogen and oxygen atoms in total. The molecule has 0 aromatic carbocycles. The minimum absolute atomic E-state index is 0.0459. The van der Waals surface area contributed by atoms with Gasteiger partial charge in [-0.3, -0.25) is 10.1 Å². The van der Waals surface area contributed by atoms with Crippen molar-refractivity contribution in [2.75, 3.05) is 43.1 Å². The molecule has 1 aliphatic rings. The number of ether oxygens (including phenoxy) is 3. The van der Waals surface area contributed by atoms with Gasteiger partial charge in [-0.15, -0.1) is 0 Å². The minimum atomic E-state index is -0.666. The van der Waals surface area contributed by atoms with Crippen LogP contribution in [0.4, 0.5) is 16.6 Å². The lowest BCUT2D eigenvalue weighted by Gasteiger charge is -2.28. The topological polar surface area (TPSA) is 121 Å². The van der Waals surface area contributed by atoms with E-state index in [0.29, 0.717) is 43.3 Å². The van der Waals surface area contributed by atoms with Crippen molar-refractivity contribution in [2.24, 2.45) is 0 Å². The van der Waals surface area contributed by atoms with Gasteiger partial charge in [0.2, 0.25) is 5.95 Å². The lowest BCUT2D eigenvalue weighted by Crippen LogP contribution is -2.37. The van der Waals surface area contributed by atoms with Crippen molar-refractivity contribution >= 4 is 35.0 Å². The molecule has 1 N–H and O–H groups in total. The van der Waals surface area contributed by atoms with Gasteiger partial charge in [0.25, 0.3) is 0 Å². The van der Waals surface area contributed by atoms with Crippen LogP contribution in [0.3, 0.4) is 0 Å². The van der Waals surface area contributed by atoms with Crippen LogP contribution in [0, 0.1) is 0 Å². The molecule has 158 valence electrons. The Morgan fingerprint density at radius 1 is 1.24 bits per heavy atom. The highest BCUT2D eigenvalue weighted by atomic mass is 16.6. The third-order valence-corrected chi connectivity index (χ3v) is 3.97. The number of fused-ring (bicyclic) bond motifs is 1. The molecule has 29 heavy (non-hydrogen) atoms. The number of morpholine rings is 1. The molecule has 0 atom stereocenters. The first-order valence-electron chi connectivity index (χ1n) is 9.48. The first kappa shape index (κ1) is 20.8. The first-order chi connectivity index (χ1) is 13.8. The fourth-order valence-electron chi connectivity index (χ4n) is 2.84. The van der Waals surface area contributed by atoms with Crippen molar-refractivity contribution in [3.8, 4) is 0 Å². The van der Waals surface area contributed by atoms with Gasteiger partial charge >= 0.3 is 12.1 Å². The molecule has 0 saturated carbocycles. The lowest BCUT2D eigenvalue weighted by atomic mass is 10.2. The Labute approximate surface area is 168 Å². The summed E-state index contributed by atoms with van der Waals surface area (Å²) in [5.41, 5.74) is 0.291. The van der Waals surface area contributed by atoms with E-state index in [2.05, 4.69) is 20.3 Å². The van der Waals surface area contributed by atoms with Crippen LogP contribution >= 0.6 is 0 Å². The van der Waals surface area contributed by atoms with Crippen molar-refractivity contribution in [3.05, 3.63) is 6.33 Å². The molecule has 2 aromatic heterocycles. The number of nitrogens with zero attached hydrogens (tertiary/aromatic N) is 5. The second-order valence-corrected chi connectivity index (χ2v) is 7.45. The van der Waals surface area contributed by atoms with E-state index < -0.39 is 17.7 Å². The smallest absolute Gasteiger partial charge is 0.414 e. The molecule has 0 unspecified atom stereocenters. The Hall–Kier alpha value is -2.95. The SMILES string of the molecule is CCOC(=O)Cn1cnc2c(N3CCOCC3)nc(NC(=O)OC(C)(C)C)nc21. The van der Waals surface area contributed by atoms with Crippen molar-refractivity contribution in [3.63, 3.8) is 0 Å². The van der Waals surface area contributed by atoms with Crippen molar-refractivity contribution in [1.82, 2.24) is 19.5 Å². The van der Waals surface area contributed by atoms with E-state index in [4.69, 9.17) is 14.2 Å². The van der Waals surface area contributed by atoms with Crippen molar-refractivity contribution in [1.29, 1.82) is 0 Å². The molecule has 1 amide bonds. The van der Waals surface area contributed by atoms with Gasteiger partial charge in [0.05, 0.1) is 26.1 Å². The van der Waals surface area contributed by atoms with Crippen LogP contribution in [-0.4, -0.2) is 70.1 Å². The maximum Gasteiger partial charge on any atom is 0.414 e. The van der Waals surface area contributed by atoms with Crippen molar-refractivity contribution in [2.45, 2.75) is 39.8 Å². The molecule has 0 aliphatic carbocycles. The second-order valence-electron chi connectivity index (χ2n) is 7.45. The third kappa shape index (κ3) is 5.31. The normalized spacial score (nSPS) is 14.7. The Kier molecular flexibility index (Phi) is 6.16. The fourth-order valence-corrected chi connectivity index (χ4v) is 2.84. The van der Waals surface area contributed by atoms with E-state index >= 15 is 0 Å². The summed E-state index contributed by atoms with van der Waals surface area (Å²) in [5, 5.41) is 2.57. The molecule has 3 rings (SSSR count). The monoisotopic (exact) mass is 406 g/mol. The van der Waals surface area contributed by atoms with Crippen LogP contribution in [0.5, 0.6) is 0 Å². The number of imidazole rings is 1. The maximum atomic E-state index is 12.2. The van der Waals surface area contributed by atoms with Gasteiger partial charge in [0.1, 0.15) is 12.1 Å². The number of amides is 1. The quantitative estimate of drug-likeness (QED) is 0.738. The molecule has 1 fully saturated rings. The first-order valence-corrected chi connectivity index (χ1v) is 9.48. The molecule has 2 aromatic rings. The standard InChI is InChI=1S/C18H26N6O5/c1-5-28-12(25)10-24-11-19-13-14(23-6-8-27-9-7-23)20-16(21-15(13)24)22-17(26)29-18(2,3)4/h11H,5-10H2,1-4H3,(H,20,21,22,26). The summed E-state index contributed by atoms with van der Waals surface area (Å²) in [6.07, 6.45) is 0.846. The highest BCUT2D eigenvalue weighted by Gasteiger charge is 2.23. The Balaban J connectivity index is 1.97. The number of anilines is 2. The van der Waals surface area contributed by atoms with E-state index in [1.54, 1.807) is 32.3 Å². The molecule has 1 saturated heterocycles. The summed E-state index contributed by atoms with van der Waals surface area (Å²) < 4.78 is 17.3. The maximum absolute atomic E-state index is 12.2. The van der Waals surface area contributed by atoms with Gasteiger partial charge in [-0.1, -0.05) is 0 Å². The molecule has 0 spiro atoms. The third-order valence-electron chi connectivity index (χ3n) is 3.97. The average Bonchev–Trinajstić information content (AvgIpc) is 3.03. The largest absolute Gasteiger partial charge is 0.465 e. The Morgan fingerprint density at radius 2 is 1.97 bits per heavy atom. The summed E-state index contributed by atoms with van der Waals surface area (Å²) in [7, 11) is 0. The molecule has 3 heterocycles. The Bertz CT molecular complexity index is 885. The highest BCUT2D eigenvalue weighted by molar-refractivity contribution is 5.89. The number of rotatable bonds is 5. The summed E-state index contributed by atoms with van der Waals surface area (Å²) >= 11 is 0. The molecule has 0 radical (unpaired) electrons. The number of hydrogen-bond acceptors (Lipinski definition) is 9. The summed E-state index contributed by atoms with van der Waals surface area (Å²) in [6.45, 7) is 9.66. The van der Waals surface area contributed by atoms with Gasteiger partial charge in [-0.25, -0.2) is 9.78 Å². The number of esters is 1. The fraction of sp³-hybridized carbons (Fsp3) is 0.611. The van der Waals surface area contributed by atoms with E-state index in [1.165, 1.54) is 6.33 Å². The summed E-state index contributed by atoms with van der Waals surface area (Å²) in [6, 6.07) is 0.